The van der Waals surface area contributed by atoms with Crippen molar-refractivity contribution in [2.45, 2.75) is 38.3 Å². The van der Waals surface area contributed by atoms with Gasteiger partial charge in [-0.3, -0.25) is 4.79 Å². The Bertz CT molecular complexity index is 493. The van der Waals surface area contributed by atoms with Crippen molar-refractivity contribution in [1.29, 1.82) is 0 Å². The van der Waals surface area contributed by atoms with Gasteiger partial charge in [-0.25, -0.2) is 4.39 Å². The molecule has 1 aliphatic rings. The lowest BCUT2D eigenvalue weighted by molar-refractivity contribution is -0.137. The summed E-state index contributed by atoms with van der Waals surface area (Å²) in [5, 5.41) is 0. The maximum Gasteiger partial charge on any atom is 0.223 e. The quantitative estimate of drug-likeness (QED) is 0.920. The second kappa shape index (κ2) is 6.22. The zero-order valence-corrected chi connectivity index (χ0v) is 11.9. The predicted molar refractivity (Wildman–Crippen MR) is 74.9 cm³/mol. The van der Waals surface area contributed by atoms with Gasteiger partial charge in [0, 0.05) is 19.0 Å². The van der Waals surface area contributed by atoms with Crippen molar-refractivity contribution in [3.8, 4) is 5.75 Å². The van der Waals surface area contributed by atoms with E-state index in [0.29, 0.717) is 19.4 Å². The van der Waals surface area contributed by atoms with Crippen LogP contribution in [0.5, 0.6) is 5.75 Å². The molecule has 0 radical (unpaired) electrons. The van der Waals surface area contributed by atoms with Crippen LogP contribution >= 0.6 is 0 Å². The first-order valence-corrected chi connectivity index (χ1v) is 6.97. The summed E-state index contributed by atoms with van der Waals surface area (Å²) >= 11 is 0. The van der Waals surface area contributed by atoms with Crippen LogP contribution in [0, 0.1) is 5.82 Å². The van der Waals surface area contributed by atoms with Gasteiger partial charge in [0.05, 0.1) is 13.2 Å². The SMILES string of the molecule is CCCN1C(=O)CCC(N)C1c1ccc(OC)c(F)c1. The summed E-state index contributed by atoms with van der Waals surface area (Å²) < 4.78 is 18.8. The lowest BCUT2D eigenvalue weighted by Gasteiger charge is -2.40. The smallest absolute Gasteiger partial charge is 0.223 e. The highest BCUT2D eigenvalue weighted by Gasteiger charge is 2.34. The fourth-order valence-corrected chi connectivity index (χ4v) is 2.78. The number of nitrogens with two attached hydrogens (primary N) is 1. The Balaban J connectivity index is 2.35. The number of piperidine rings is 1. The van der Waals surface area contributed by atoms with Gasteiger partial charge >= 0.3 is 0 Å². The monoisotopic (exact) mass is 280 g/mol. The summed E-state index contributed by atoms with van der Waals surface area (Å²) in [5.41, 5.74) is 6.90. The first-order chi connectivity index (χ1) is 9.58. The van der Waals surface area contributed by atoms with Crippen molar-refractivity contribution in [3.63, 3.8) is 0 Å². The summed E-state index contributed by atoms with van der Waals surface area (Å²) in [4.78, 5) is 13.8. The van der Waals surface area contributed by atoms with E-state index in [2.05, 4.69) is 0 Å². The third-order valence-corrected chi connectivity index (χ3v) is 3.74. The van der Waals surface area contributed by atoms with E-state index in [1.165, 1.54) is 13.2 Å². The molecular weight excluding hydrogens is 259 g/mol. The molecule has 0 bridgehead atoms. The second-order valence-electron chi connectivity index (χ2n) is 5.13. The number of methoxy groups -OCH3 is 1. The molecule has 1 fully saturated rings. The number of rotatable bonds is 4. The molecule has 2 rings (SSSR count). The van der Waals surface area contributed by atoms with Crippen LogP contribution in [0.2, 0.25) is 0 Å². The molecule has 1 heterocycles. The number of carbonyl (C=O) groups excluding carboxylic acids is 1. The normalized spacial score (nSPS) is 23.0. The number of halogens is 1. The average Bonchev–Trinajstić information content (AvgIpc) is 2.43. The summed E-state index contributed by atoms with van der Waals surface area (Å²) in [5.74, 6) is -0.132. The summed E-state index contributed by atoms with van der Waals surface area (Å²) in [6.07, 6.45) is 1.96. The number of amides is 1. The standard InChI is InChI=1S/C15H21FN2O2/c1-3-8-18-14(19)7-5-12(17)15(18)10-4-6-13(20-2)11(16)9-10/h4,6,9,12,15H,3,5,7-8,17H2,1-2H3. The molecule has 0 aliphatic carbocycles. The number of carbonyl (C=O) groups is 1. The van der Waals surface area contributed by atoms with E-state index >= 15 is 0 Å². The highest BCUT2D eigenvalue weighted by Crippen LogP contribution is 2.33. The Hall–Kier alpha value is -1.62. The van der Waals surface area contributed by atoms with Gasteiger partial charge in [-0.15, -0.1) is 0 Å². The Morgan fingerprint density at radius 3 is 2.85 bits per heavy atom. The van der Waals surface area contributed by atoms with Crippen LogP contribution < -0.4 is 10.5 Å². The lowest BCUT2D eigenvalue weighted by atomic mass is 9.90. The molecule has 110 valence electrons. The van der Waals surface area contributed by atoms with E-state index in [4.69, 9.17) is 10.5 Å². The van der Waals surface area contributed by atoms with Crippen LogP contribution in [0.3, 0.4) is 0 Å². The number of ether oxygens (including phenoxy) is 1. The minimum Gasteiger partial charge on any atom is -0.494 e. The lowest BCUT2D eigenvalue weighted by Crippen LogP contribution is -2.49. The molecule has 2 unspecified atom stereocenters. The van der Waals surface area contributed by atoms with E-state index in [-0.39, 0.29) is 23.7 Å². The molecule has 1 aromatic carbocycles. The van der Waals surface area contributed by atoms with E-state index in [1.54, 1.807) is 17.0 Å². The first-order valence-electron chi connectivity index (χ1n) is 6.97. The van der Waals surface area contributed by atoms with Crippen molar-refractivity contribution in [2.75, 3.05) is 13.7 Å². The number of nitrogens with zero attached hydrogens (tertiary/aromatic N) is 1. The van der Waals surface area contributed by atoms with Crippen LogP contribution in [-0.2, 0) is 4.79 Å². The molecule has 2 atom stereocenters. The van der Waals surface area contributed by atoms with Gasteiger partial charge in [-0.05, 0) is 30.5 Å². The molecule has 1 saturated heterocycles. The molecule has 0 spiro atoms. The van der Waals surface area contributed by atoms with Gasteiger partial charge in [0.25, 0.3) is 0 Å². The highest BCUT2D eigenvalue weighted by molar-refractivity contribution is 5.78. The van der Waals surface area contributed by atoms with Crippen molar-refractivity contribution < 1.29 is 13.9 Å². The topological polar surface area (TPSA) is 55.6 Å². The summed E-state index contributed by atoms with van der Waals surface area (Å²) in [6.45, 7) is 2.66. The Morgan fingerprint density at radius 1 is 1.50 bits per heavy atom. The molecular formula is C15H21FN2O2. The Labute approximate surface area is 118 Å². The fraction of sp³-hybridized carbons (Fsp3) is 0.533. The third kappa shape index (κ3) is 2.77. The molecule has 1 aromatic rings. The molecule has 0 aromatic heterocycles. The largest absolute Gasteiger partial charge is 0.494 e. The van der Waals surface area contributed by atoms with Gasteiger partial charge in [0.1, 0.15) is 0 Å². The van der Waals surface area contributed by atoms with Gasteiger partial charge < -0.3 is 15.4 Å². The zero-order chi connectivity index (χ0) is 14.7. The van der Waals surface area contributed by atoms with Crippen LogP contribution in [0.1, 0.15) is 37.8 Å². The highest BCUT2D eigenvalue weighted by atomic mass is 19.1. The average molecular weight is 280 g/mol. The third-order valence-electron chi connectivity index (χ3n) is 3.74. The predicted octanol–water partition coefficient (Wildman–Crippen LogP) is 2.24. The number of hydrogen-bond acceptors (Lipinski definition) is 3. The molecule has 20 heavy (non-hydrogen) atoms. The van der Waals surface area contributed by atoms with Crippen LogP contribution in [0.4, 0.5) is 4.39 Å². The number of benzene rings is 1. The molecule has 0 saturated carbocycles. The summed E-state index contributed by atoms with van der Waals surface area (Å²) in [7, 11) is 1.43. The van der Waals surface area contributed by atoms with Crippen LogP contribution in [0.15, 0.2) is 18.2 Å². The Morgan fingerprint density at radius 2 is 2.25 bits per heavy atom. The minimum absolute atomic E-state index is 0.0924. The van der Waals surface area contributed by atoms with Gasteiger partial charge in [-0.2, -0.15) is 0 Å². The van der Waals surface area contributed by atoms with Gasteiger partial charge in [-0.1, -0.05) is 13.0 Å². The maximum atomic E-state index is 13.9. The molecule has 1 amide bonds. The zero-order valence-electron chi connectivity index (χ0n) is 11.9. The van der Waals surface area contributed by atoms with E-state index < -0.39 is 5.82 Å². The molecule has 2 N–H and O–H groups in total. The van der Waals surface area contributed by atoms with E-state index in [0.717, 1.165) is 12.0 Å². The van der Waals surface area contributed by atoms with Crippen molar-refractivity contribution >= 4 is 5.91 Å². The summed E-state index contributed by atoms with van der Waals surface area (Å²) in [6, 6.07) is 4.38. The maximum absolute atomic E-state index is 13.9. The number of hydrogen-bond donors (Lipinski definition) is 1. The van der Waals surface area contributed by atoms with E-state index in [9.17, 15) is 9.18 Å². The van der Waals surface area contributed by atoms with Gasteiger partial charge in [0.15, 0.2) is 11.6 Å². The molecule has 4 nitrogen and oxygen atoms in total. The fourth-order valence-electron chi connectivity index (χ4n) is 2.78. The van der Waals surface area contributed by atoms with Crippen molar-refractivity contribution in [3.05, 3.63) is 29.6 Å². The number of likely N-dealkylation sites (tertiary alicyclic amines) is 1. The van der Waals surface area contributed by atoms with Crippen LogP contribution in [0.25, 0.3) is 0 Å². The van der Waals surface area contributed by atoms with Crippen molar-refractivity contribution in [2.24, 2.45) is 5.73 Å². The second-order valence-corrected chi connectivity index (χ2v) is 5.13. The first kappa shape index (κ1) is 14.8. The van der Waals surface area contributed by atoms with Gasteiger partial charge in [0.2, 0.25) is 5.91 Å². The van der Waals surface area contributed by atoms with Crippen molar-refractivity contribution in [1.82, 2.24) is 4.90 Å². The minimum atomic E-state index is -0.424. The molecule has 5 heteroatoms. The Kier molecular flexibility index (Phi) is 4.60. The van der Waals surface area contributed by atoms with E-state index in [1.807, 2.05) is 6.92 Å². The molecule has 1 aliphatic heterocycles. The van der Waals surface area contributed by atoms with Crippen LogP contribution in [-0.4, -0.2) is 30.5 Å².